The minimum Gasteiger partial charge on any atom is -0.480 e. The van der Waals surface area contributed by atoms with Crippen LogP contribution in [0.4, 0.5) is 4.79 Å². The van der Waals surface area contributed by atoms with E-state index in [9.17, 15) is 9.59 Å². The molecule has 1 aromatic rings. The van der Waals surface area contributed by atoms with Gasteiger partial charge in [0.2, 0.25) is 0 Å². The zero-order valence-electron chi connectivity index (χ0n) is 9.05. The van der Waals surface area contributed by atoms with Gasteiger partial charge in [-0.3, -0.25) is 0 Å². The van der Waals surface area contributed by atoms with Crippen LogP contribution in [0.25, 0.3) is 0 Å². The molecule has 7 heteroatoms. The SMILES string of the molecule is O=C(NCc1cscn1)NC(C(=O)O)C1CC1. The molecule has 1 atom stereocenters. The van der Waals surface area contributed by atoms with E-state index in [1.54, 1.807) is 5.51 Å². The van der Waals surface area contributed by atoms with Gasteiger partial charge >= 0.3 is 12.0 Å². The number of thiazole rings is 1. The summed E-state index contributed by atoms with van der Waals surface area (Å²) in [7, 11) is 0. The van der Waals surface area contributed by atoms with Crippen molar-refractivity contribution in [2.75, 3.05) is 0 Å². The first-order chi connectivity index (χ1) is 8.16. The van der Waals surface area contributed by atoms with Crippen LogP contribution in [-0.4, -0.2) is 28.1 Å². The monoisotopic (exact) mass is 255 g/mol. The number of carboxylic acid groups (broad SMARTS) is 1. The van der Waals surface area contributed by atoms with E-state index in [1.165, 1.54) is 11.3 Å². The summed E-state index contributed by atoms with van der Waals surface area (Å²) < 4.78 is 0. The molecule has 17 heavy (non-hydrogen) atoms. The molecule has 6 nitrogen and oxygen atoms in total. The minimum atomic E-state index is -0.976. The molecular weight excluding hydrogens is 242 g/mol. The number of aromatic nitrogens is 1. The van der Waals surface area contributed by atoms with Gasteiger partial charge in [0.05, 0.1) is 17.7 Å². The van der Waals surface area contributed by atoms with Crippen molar-refractivity contribution in [2.45, 2.75) is 25.4 Å². The molecule has 1 unspecified atom stereocenters. The number of nitrogens with one attached hydrogen (secondary N) is 2. The highest BCUT2D eigenvalue weighted by Crippen LogP contribution is 2.32. The summed E-state index contributed by atoms with van der Waals surface area (Å²) >= 11 is 1.45. The third kappa shape index (κ3) is 3.42. The van der Waals surface area contributed by atoms with Crippen LogP contribution >= 0.6 is 11.3 Å². The molecule has 92 valence electrons. The smallest absolute Gasteiger partial charge is 0.326 e. The van der Waals surface area contributed by atoms with Gasteiger partial charge in [-0.15, -0.1) is 11.3 Å². The number of urea groups is 1. The van der Waals surface area contributed by atoms with Crippen molar-refractivity contribution in [3.05, 3.63) is 16.6 Å². The van der Waals surface area contributed by atoms with Gasteiger partial charge in [-0.25, -0.2) is 14.6 Å². The fourth-order valence-corrected chi connectivity index (χ4v) is 2.06. The fourth-order valence-electron chi connectivity index (χ4n) is 1.50. The van der Waals surface area contributed by atoms with E-state index in [4.69, 9.17) is 5.11 Å². The van der Waals surface area contributed by atoms with Crippen LogP contribution in [-0.2, 0) is 11.3 Å². The molecule has 1 aliphatic rings. The highest BCUT2D eigenvalue weighted by Gasteiger charge is 2.37. The molecule has 0 spiro atoms. The van der Waals surface area contributed by atoms with Gasteiger partial charge in [0, 0.05) is 5.38 Å². The van der Waals surface area contributed by atoms with E-state index in [1.807, 2.05) is 5.38 Å². The molecule has 2 amide bonds. The average Bonchev–Trinajstić information content (AvgIpc) is 2.99. The third-order valence-electron chi connectivity index (χ3n) is 2.56. The normalized spacial score (nSPS) is 16.2. The highest BCUT2D eigenvalue weighted by molar-refractivity contribution is 7.07. The maximum atomic E-state index is 11.5. The maximum Gasteiger partial charge on any atom is 0.326 e. The lowest BCUT2D eigenvalue weighted by Gasteiger charge is -2.13. The summed E-state index contributed by atoms with van der Waals surface area (Å²) in [5, 5.41) is 15.8. The number of hydrogen-bond acceptors (Lipinski definition) is 4. The Balaban J connectivity index is 1.77. The topological polar surface area (TPSA) is 91.3 Å². The Kier molecular flexibility index (Phi) is 3.58. The van der Waals surface area contributed by atoms with E-state index < -0.39 is 18.0 Å². The zero-order valence-corrected chi connectivity index (χ0v) is 9.87. The number of aliphatic carboxylic acids is 1. The van der Waals surface area contributed by atoms with E-state index in [2.05, 4.69) is 15.6 Å². The standard InChI is InChI=1S/C10H13N3O3S/c14-9(15)8(6-1-2-6)13-10(16)11-3-7-4-17-5-12-7/h4-6,8H,1-3H2,(H,14,15)(H2,11,13,16). The van der Waals surface area contributed by atoms with Gasteiger partial charge in [-0.05, 0) is 18.8 Å². The van der Waals surface area contributed by atoms with Crippen molar-refractivity contribution in [1.82, 2.24) is 15.6 Å². The Bertz CT molecular complexity index is 403. The lowest BCUT2D eigenvalue weighted by Crippen LogP contribution is -2.47. The summed E-state index contributed by atoms with van der Waals surface area (Å²) in [5.74, 6) is -0.895. The summed E-state index contributed by atoms with van der Waals surface area (Å²) in [4.78, 5) is 26.4. The summed E-state index contributed by atoms with van der Waals surface area (Å²) in [6, 6.07) is -1.23. The first kappa shape index (κ1) is 11.8. The molecular formula is C10H13N3O3S. The molecule has 0 aliphatic heterocycles. The van der Waals surface area contributed by atoms with Gasteiger partial charge in [0.1, 0.15) is 6.04 Å². The second kappa shape index (κ2) is 5.13. The molecule has 3 N–H and O–H groups in total. The zero-order chi connectivity index (χ0) is 12.3. The number of carbonyl (C=O) groups is 2. The quantitative estimate of drug-likeness (QED) is 0.726. The molecule has 1 saturated carbocycles. The lowest BCUT2D eigenvalue weighted by molar-refractivity contribution is -0.139. The van der Waals surface area contributed by atoms with E-state index in [-0.39, 0.29) is 5.92 Å². The van der Waals surface area contributed by atoms with Crippen LogP contribution in [0.3, 0.4) is 0 Å². The Morgan fingerprint density at radius 3 is 2.88 bits per heavy atom. The third-order valence-corrected chi connectivity index (χ3v) is 3.19. The molecule has 0 radical (unpaired) electrons. The van der Waals surface area contributed by atoms with Crippen LogP contribution in [0.15, 0.2) is 10.9 Å². The van der Waals surface area contributed by atoms with Crippen molar-refractivity contribution in [1.29, 1.82) is 0 Å². The largest absolute Gasteiger partial charge is 0.480 e. The van der Waals surface area contributed by atoms with Crippen LogP contribution < -0.4 is 10.6 Å². The summed E-state index contributed by atoms with van der Waals surface area (Å²) in [5.41, 5.74) is 2.45. The van der Waals surface area contributed by atoms with Crippen molar-refractivity contribution < 1.29 is 14.7 Å². The Labute approximate surface area is 102 Å². The van der Waals surface area contributed by atoms with Gasteiger partial charge in [0.25, 0.3) is 0 Å². The Morgan fingerprint density at radius 1 is 1.59 bits per heavy atom. The van der Waals surface area contributed by atoms with Gasteiger partial charge in [0.15, 0.2) is 0 Å². The van der Waals surface area contributed by atoms with Crippen LogP contribution in [0.1, 0.15) is 18.5 Å². The number of nitrogens with zero attached hydrogens (tertiary/aromatic N) is 1. The number of hydrogen-bond donors (Lipinski definition) is 3. The molecule has 1 aromatic heterocycles. The minimum absolute atomic E-state index is 0.0810. The van der Waals surface area contributed by atoms with E-state index >= 15 is 0 Å². The molecule has 0 bridgehead atoms. The van der Waals surface area contributed by atoms with E-state index in [0.29, 0.717) is 6.54 Å². The van der Waals surface area contributed by atoms with Crippen LogP contribution in [0.2, 0.25) is 0 Å². The van der Waals surface area contributed by atoms with Crippen molar-refractivity contribution in [2.24, 2.45) is 5.92 Å². The van der Waals surface area contributed by atoms with Crippen molar-refractivity contribution in [3.63, 3.8) is 0 Å². The number of carbonyl (C=O) groups excluding carboxylic acids is 1. The Hall–Kier alpha value is -1.63. The predicted molar refractivity (Wildman–Crippen MR) is 61.6 cm³/mol. The second-order valence-corrected chi connectivity index (χ2v) is 4.68. The van der Waals surface area contributed by atoms with Gasteiger partial charge in [-0.1, -0.05) is 0 Å². The number of carboxylic acids is 1. The molecule has 2 rings (SSSR count). The first-order valence-electron chi connectivity index (χ1n) is 5.31. The van der Waals surface area contributed by atoms with Gasteiger partial charge in [-0.2, -0.15) is 0 Å². The summed E-state index contributed by atoms with van der Waals surface area (Å²) in [6.07, 6.45) is 1.73. The number of amides is 2. The highest BCUT2D eigenvalue weighted by atomic mass is 32.1. The first-order valence-corrected chi connectivity index (χ1v) is 6.25. The van der Waals surface area contributed by atoms with Crippen LogP contribution in [0, 0.1) is 5.92 Å². The molecule has 1 aliphatic carbocycles. The number of rotatable bonds is 5. The van der Waals surface area contributed by atoms with Crippen LogP contribution in [0.5, 0.6) is 0 Å². The second-order valence-electron chi connectivity index (χ2n) is 3.96. The van der Waals surface area contributed by atoms with E-state index in [0.717, 1.165) is 18.5 Å². The fraction of sp³-hybridized carbons (Fsp3) is 0.500. The maximum absolute atomic E-state index is 11.5. The lowest BCUT2D eigenvalue weighted by atomic mass is 10.2. The average molecular weight is 255 g/mol. The predicted octanol–water partition coefficient (Wildman–Crippen LogP) is 0.805. The van der Waals surface area contributed by atoms with Crippen molar-refractivity contribution >= 4 is 23.3 Å². The molecule has 1 fully saturated rings. The van der Waals surface area contributed by atoms with Crippen molar-refractivity contribution in [3.8, 4) is 0 Å². The molecule has 0 saturated heterocycles. The molecule has 1 heterocycles. The molecule has 0 aromatic carbocycles. The Morgan fingerprint density at radius 2 is 2.35 bits per heavy atom. The van der Waals surface area contributed by atoms with Gasteiger partial charge < -0.3 is 15.7 Å². The summed E-state index contributed by atoms with van der Waals surface area (Å²) in [6.45, 7) is 0.312.